The molecule has 0 aliphatic heterocycles. The molecule has 2 aromatic carbocycles. The summed E-state index contributed by atoms with van der Waals surface area (Å²) in [5, 5.41) is 14.1. The largest absolute Gasteiger partial charge is 0.372 e. The summed E-state index contributed by atoms with van der Waals surface area (Å²) >= 11 is 3.81. The first-order valence-corrected chi connectivity index (χ1v) is 17.6. The molecule has 210 valence electrons. The molecule has 0 aromatic heterocycles. The van der Waals surface area contributed by atoms with Gasteiger partial charge in [-0.2, -0.15) is 0 Å². The molecule has 0 heterocycles. The number of halogens is 1. The molecule has 0 bridgehead atoms. The summed E-state index contributed by atoms with van der Waals surface area (Å²) in [6.45, 7) is 16.7. The normalized spacial score (nSPS) is 11.8. The fourth-order valence-electron chi connectivity index (χ4n) is 5.08. The van der Waals surface area contributed by atoms with Crippen molar-refractivity contribution in [1.29, 1.82) is 0 Å². The van der Waals surface area contributed by atoms with E-state index in [1.165, 1.54) is 69.2 Å². The number of aryl methyl sites for hydroxylation is 1. The van der Waals surface area contributed by atoms with Crippen LogP contribution in [0.1, 0.15) is 85.6 Å². The van der Waals surface area contributed by atoms with Gasteiger partial charge in [0, 0.05) is 37.4 Å². The number of hydrogen-bond acceptors (Lipinski definition) is 4. The zero-order valence-corrected chi connectivity index (χ0v) is 27.2. The number of benzene rings is 2. The number of carbonyl (C=O) groups excluding carboxylic acids is 1. The minimum absolute atomic E-state index is 0.109. The van der Waals surface area contributed by atoms with Crippen molar-refractivity contribution in [3.05, 3.63) is 40.4 Å². The molecule has 0 atom stereocenters. The van der Waals surface area contributed by atoms with Crippen molar-refractivity contribution in [2.75, 3.05) is 41.8 Å². The van der Waals surface area contributed by atoms with E-state index in [0.717, 1.165) is 34.5 Å². The second kappa shape index (κ2) is 16.4. The highest BCUT2D eigenvalue weighted by molar-refractivity contribution is 9.10. The molecule has 7 heteroatoms. The Balaban J connectivity index is 2.67. The van der Waals surface area contributed by atoms with E-state index >= 15 is 0 Å². The average molecular weight is 605 g/mol. The second-order valence-electron chi connectivity index (χ2n) is 10.2. The molecule has 0 unspecified atom stereocenters. The maximum absolute atomic E-state index is 12.0. The Morgan fingerprint density at radius 3 is 1.97 bits per heavy atom. The molecule has 38 heavy (non-hydrogen) atoms. The molecule has 1 amide bonds. The van der Waals surface area contributed by atoms with Gasteiger partial charge in [-0.3, -0.25) is 4.79 Å². The summed E-state index contributed by atoms with van der Waals surface area (Å²) in [6, 6.07) is 10.6. The number of unbranched alkanes of at least 4 members (excludes halogenated alkanes) is 3. The number of azo groups is 1. The highest BCUT2D eigenvalue weighted by atomic mass is 79.9. The fourth-order valence-corrected chi connectivity index (χ4v) is 11.1. The van der Waals surface area contributed by atoms with Crippen molar-refractivity contribution in [1.82, 2.24) is 0 Å². The highest BCUT2D eigenvalue weighted by Crippen LogP contribution is 2.62. The summed E-state index contributed by atoms with van der Waals surface area (Å²) in [5.41, 5.74) is 4.62. The molecular formula is C31H49BrN4OP+. The number of carbonyl (C=O) groups is 1. The van der Waals surface area contributed by atoms with Gasteiger partial charge in [-0.25, -0.2) is 0 Å². The van der Waals surface area contributed by atoms with Crippen molar-refractivity contribution in [3.8, 4) is 0 Å². The molecule has 5 nitrogen and oxygen atoms in total. The number of nitrogens with zero attached hydrogens (tertiary/aromatic N) is 3. The van der Waals surface area contributed by atoms with Gasteiger partial charge in [0.25, 0.3) is 0 Å². The van der Waals surface area contributed by atoms with Gasteiger partial charge in [0.1, 0.15) is 16.7 Å². The van der Waals surface area contributed by atoms with Crippen molar-refractivity contribution >= 4 is 57.2 Å². The third-order valence-electron chi connectivity index (χ3n) is 7.25. The Labute approximate surface area is 240 Å². The first kappa shape index (κ1) is 32.4. The van der Waals surface area contributed by atoms with E-state index in [0.29, 0.717) is 11.4 Å². The van der Waals surface area contributed by atoms with E-state index in [2.05, 4.69) is 85.9 Å². The number of amides is 1. The van der Waals surface area contributed by atoms with Crippen LogP contribution >= 0.6 is 23.2 Å². The molecule has 0 radical (unpaired) electrons. The topological polar surface area (TPSA) is 57.1 Å². The molecule has 2 aromatic rings. The molecular weight excluding hydrogens is 555 g/mol. The van der Waals surface area contributed by atoms with Gasteiger partial charge in [-0.1, -0.05) is 56.0 Å². The SMILES string of the molecule is CCCC[P+](CCCC)(CCCC)c1cc(Br)cc(C)c1N=Nc1ccc(N(CC)CC)cc1NC(C)=O. The zero-order valence-electron chi connectivity index (χ0n) is 24.7. The maximum atomic E-state index is 12.0. The van der Waals surface area contributed by atoms with Gasteiger partial charge in [-0.05, 0) is 75.9 Å². The van der Waals surface area contributed by atoms with E-state index in [1.54, 1.807) is 0 Å². The van der Waals surface area contributed by atoms with Crippen LogP contribution < -0.4 is 15.5 Å². The molecule has 0 aliphatic rings. The van der Waals surface area contributed by atoms with Crippen molar-refractivity contribution in [2.24, 2.45) is 10.2 Å². The zero-order chi connectivity index (χ0) is 28.1. The van der Waals surface area contributed by atoms with Crippen LogP contribution in [0.3, 0.4) is 0 Å². The minimum atomic E-state index is -1.43. The number of rotatable bonds is 16. The smallest absolute Gasteiger partial charge is 0.221 e. The third kappa shape index (κ3) is 8.88. The number of anilines is 2. The van der Waals surface area contributed by atoms with Crippen LogP contribution in [0.15, 0.2) is 45.0 Å². The monoisotopic (exact) mass is 603 g/mol. The Hall–Kier alpha value is -1.78. The van der Waals surface area contributed by atoms with Crippen molar-refractivity contribution in [3.63, 3.8) is 0 Å². The number of nitrogens with one attached hydrogen (secondary N) is 1. The van der Waals surface area contributed by atoms with Crippen LogP contribution in [-0.4, -0.2) is 37.5 Å². The molecule has 0 spiro atoms. The van der Waals surface area contributed by atoms with E-state index < -0.39 is 7.26 Å². The van der Waals surface area contributed by atoms with E-state index in [-0.39, 0.29) is 5.91 Å². The standard InChI is InChI=1S/C31H48BrN4OP/c1-8-13-18-38(19-14-9-2,20-15-10-3)30-22-26(32)21-24(6)31(30)35-34-28-17-16-27(36(11-4)12-5)23-29(28)33-25(7)37/h16-17,21-23H,8-15,18-20H2,1-7H3/p+1. The summed E-state index contributed by atoms with van der Waals surface area (Å²) in [4.78, 5) is 14.3. The molecule has 0 aliphatic carbocycles. The predicted octanol–water partition coefficient (Wildman–Crippen LogP) is 10.0. The van der Waals surface area contributed by atoms with Gasteiger partial charge in [0.15, 0.2) is 0 Å². The van der Waals surface area contributed by atoms with Gasteiger partial charge in [0.05, 0.1) is 24.2 Å². The lowest BCUT2D eigenvalue weighted by atomic mass is 10.2. The van der Waals surface area contributed by atoms with E-state index in [4.69, 9.17) is 10.2 Å². The lowest BCUT2D eigenvalue weighted by molar-refractivity contribution is -0.114. The molecule has 2 rings (SSSR count). The van der Waals surface area contributed by atoms with E-state index in [1.807, 2.05) is 12.1 Å². The van der Waals surface area contributed by atoms with Crippen molar-refractivity contribution < 1.29 is 4.79 Å². The van der Waals surface area contributed by atoms with Crippen LogP contribution in [0.2, 0.25) is 0 Å². The quantitative estimate of drug-likeness (QED) is 0.153. The third-order valence-corrected chi connectivity index (χ3v) is 12.6. The Bertz CT molecular complexity index is 1050. The molecule has 0 fully saturated rings. The molecule has 1 N–H and O–H groups in total. The average Bonchev–Trinajstić information content (AvgIpc) is 2.89. The summed E-state index contributed by atoms with van der Waals surface area (Å²) in [6.07, 6.45) is 11.2. The molecule has 0 saturated heterocycles. The Morgan fingerprint density at radius 2 is 1.47 bits per heavy atom. The Kier molecular flexibility index (Phi) is 14.0. The molecule has 0 saturated carbocycles. The second-order valence-corrected chi connectivity index (χ2v) is 15.3. The predicted molar refractivity (Wildman–Crippen MR) is 173 cm³/mol. The van der Waals surface area contributed by atoms with Gasteiger partial charge in [-0.15, -0.1) is 10.2 Å². The fraction of sp³-hybridized carbons (Fsp3) is 0.581. The first-order chi connectivity index (χ1) is 18.2. The minimum Gasteiger partial charge on any atom is -0.372 e. The van der Waals surface area contributed by atoms with Crippen molar-refractivity contribution in [2.45, 2.75) is 87.0 Å². The first-order valence-electron chi connectivity index (χ1n) is 14.5. The summed E-state index contributed by atoms with van der Waals surface area (Å²) in [5.74, 6) is -0.109. The van der Waals surface area contributed by atoms with Crippen LogP contribution in [-0.2, 0) is 4.79 Å². The summed E-state index contributed by atoms with van der Waals surface area (Å²) in [7, 11) is -1.43. The highest BCUT2D eigenvalue weighted by Gasteiger charge is 2.41. The Morgan fingerprint density at radius 1 is 0.895 bits per heavy atom. The lowest BCUT2D eigenvalue weighted by Gasteiger charge is -2.29. The van der Waals surface area contributed by atoms with Crippen LogP contribution in [0, 0.1) is 6.92 Å². The summed E-state index contributed by atoms with van der Waals surface area (Å²) < 4.78 is 1.13. The van der Waals surface area contributed by atoms with Crippen LogP contribution in [0.5, 0.6) is 0 Å². The van der Waals surface area contributed by atoms with Gasteiger partial charge in [0.2, 0.25) is 5.91 Å². The van der Waals surface area contributed by atoms with E-state index in [9.17, 15) is 4.79 Å². The van der Waals surface area contributed by atoms with Crippen LogP contribution in [0.25, 0.3) is 0 Å². The number of hydrogen-bond donors (Lipinski definition) is 1. The van der Waals surface area contributed by atoms with Crippen LogP contribution in [0.4, 0.5) is 22.7 Å². The van der Waals surface area contributed by atoms with Gasteiger partial charge >= 0.3 is 0 Å². The van der Waals surface area contributed by atoms with Gasteiger partial charge < -0.3 is 10.2 Å². The lowest BCUT2D eigenvalue weighted by Crippen LogP contribution is -2.22. The maximum Gasteiger partial charge on any atom is 0.221 e.